The van der Waals surface area contributed by atoms with Crippen LogP contribution in [0.5, 0.6) is 5.75 Å². The minimum Gasteiger partial charge on any atom is -0.496 e. The summed E-state index contributed by atoms with van der Waals surface area (Å²) in [5, 5.41) is 2.82. The summed E-state index contributed by atoms with van der Waals surface area (Å²) in [5.41, 5.74) is 3.09. The quantitative estimate of drug-likeness (QED) is 0.477. The minimum atomic E-state index is -0.00451. The number of likely N-dealkylation sites (N-methyl/N-ethyl adjacent to an activating group) is 1. The van der Waals surface area contributed by atoms with E-state index in [9.17, 15) is 4.79 Å². The number of methoxy groups -OCH3 is 1. The molecule has 0 unspecified atom stereocenters. The van der Waals surface area contributed by atoms with Gasteiger partial charge < -0.3 is 4.74 Å². The van der Waals surface area contributed by atoms with Crippen LogP contribution >= 0.6 is 11.8 Å². The lowest BCUT2D eigenvalue weighted by Gasteiger charge is -2.13. The Balaban J connectivity index is 1.76. The van der Waals surface area contributed by atoms with Crippen molar-refractivity contribution in [1.82, 2.24) is 4.90 Å². The molecule has 1 saturated heterocycles. The lowest BCUT2D eigenvalue weighted by atomic mass is 10.0. The maximum absolute atomic E-state index is 13.1. The standard InChI is InChI=1S/C25H24N2O2S/c1-4-17-10-6-9-13-21(17)26-25-27(5-2)24(28)23(30-25)16-18-14-15-22(29-3)20-12-8-7-11-19(18)20/h6-16H,4-5H2,1-3H3/b23-16+,26-25?. The second kappa shape index (κ2) is 8.76. The van der Waals surface area contributed by atoms with Crippen molar-refractivity contribution in [3.8, 4) is 5.75 Å². The van der Waals surface area contributed by atoms with E-state index < -0.39 is 0 Å². The molecule has 0 N–H and O–H groups in total. The Bertz CT molecular complexity index is 1170. The van der Waals surface area contributed by atoms with Gasteiger partial charge in [0.1, 0.15) is 5.75 Å². The lowest BCUT2D eigenvalue weighted by Crippen LogP contribution is -2.28. The zero-order valence-electron chi connectivity index (χ0n) is 17.4. The first-order valence-electron chi connectivity index (χ1n) is 10.1. The molecule has 1 heterocycles. The highest BCUT2D eigenvalue weighted by Gasteiger charge is 2.32. The summed E-state index contributed by atoms with van der Waals surface area (Å²) < 4.78 is 5.49. The van der Waals surface area contributed by atoms with Crippen molar-refractivity contribution in [2.24, 2.45) is 4.99 Å². The number of carbonyl (C=O) groups excluding carboxylic acids is 1. The number of hydrogen-bond donors (Lipinski definition) is 0. The van der Waals surface area contributed by atoms with E-state index in [1.54, 1.807) is 12.0 Å². The molecule has 1 fully saturated rings. The lowest BCUT2D eigenvalue weighted by molar-refractivity contribution is -0.122. The number of hydrogen-bond acceptors (Lipinski definition) is 4. The topological polar surface area (TPSA) is 41.9 Å². The first-order valence-corrected chi connectivity index (χ1v) is 10.9. The number of thioether (sulfide) groups is 1. The molecule has 0 bridgehead atoms. The highest BCUT2D eigenvalue weighted by molar-refractivity contribution is 8.18. The van der Waals surface area contributed by atoms with Crippen molar-refractivity contribution in [1.29, 1.82) is 0 Å². The fourth-order valence-corrected chi connectivity index (χ4v) is 4.68. The molecule has 0 atom stereocenters. The molecule has 3 aromatic carbocycles. The van der Waals surface area contributed by atoms with Crippen LogP contribution in [0.2, 0.25) is 0 Å². The van der Waals surface area contributed by atoms with Gasteiger partial charge in [-0.3, -0.25) is 9.69 Å². The number of aryl methyl sites for hydroxylation is 1. The second-order valence-corrected chi connectivity index (χ2v) is 7.95. The fraction of sp³-hybridized carbons (Fsp3) is 0.200. The fourth-order valence-electron chi connectivity index (χ4n) is 3.63. The minimum absolute atomic E-state index is 0.00451. The summed E-state index contributed by atoms with van der Waals surface area (Å²) >= 11 is 1.44. The van der Waals surface area contributed by atoms with Gasteiger partial charge in [-0.1, -0.05) is 55.5 Å². The highest BCUT2D eigenvalue weighted by Crippen LogP contribution is 2.37. The molecule has 0 spiro atoms. The van der Waals surface area contributed by atoms with Gasteiger partial charge in [0, 0.05) is 11.9 Å². The van der Waals surface area contributed by atoms with Gasteiger partial charge >= 0.3 is 0 Å². The Kier molecular flexibility index (Phi) is 5.91. The molecule has 3 aromatic rings. The molecule has 30 heavy (non-hydrogen) atoms. The summed E-state index contributed by atoms with van der Waals surface area (Å²) in [6, 6.07) is 20.1. The number of amides is 1. The van der Waals surface area contributed by atoms with Gasteiger partial charge in [-0.05, 0) is 59.8 Å². The van der Waals surface area contributed by atoms with Gasteiger partial charge in [0.15, 0.2) is 5.17 Å². The first-order chi connectivity index (χ1) is 14.7. The SMILES string of the molecule is CCc1ccccc1N=C1S/C(=C/c2ccc(OC)c3ccccc23)C(=O)N1CC. The van der Waals surface area contributed by atoms with E-state index in [4.69, 9.17) is 9.73 Å². The van der Waals surface area contributed by atoms with Crippen molar-refractivity contribution in [3.63, 3.8) is 0 Å². The van der Waals surface area contributed by atoms with Crippen LogP contribution in [0.1, 0.15) is 25.0 Å². The molecule has 4 rings (SSSR count). The summed E-state index contributed by atoms with van der Waals surface area (Å²) in [7, 11) is 1.67. The van der Waals surface area contributed by atoms with E-state index in [0.717, 1.165) is 39.4 Å². The zero-order valence-corrected chi connectivity index (χ0v) is 18.2. The van der Waals surface area contributed by atoms with Crippen LogP contribution in [-0.2, 0) is 11.2 Å². The van der Waals surface area contributed by atoms with E-state index in [-0.39, 0.29) is 5.91 Å². The van der Waals surface area contributed by atoms with E-state index in [2.05, 4.69) is 19.1 Å². The number of para-hydroxylation sites is 1. The van der Waals surface area contributed by atoms with Crippen LogP contribution in [0.4, 0.5) is 5.69 Å². The predicted octanol–water partition coefficient (Wildman–Crippen LogP) is 6.03. The Labute approximate surface area is 181 Å². The van der Waals surface area contributed by atoms with Crippen LogP contribution in [0.15, 0.2) is 70.6 Å². The van der Waals surface area contributed by atoms with Gasteiger partial charge in [-0.25, -0.2) is 4.99 Å². The molecule has 5 heteroatoms. The molecule has 0 saturated carbocycles. The summed E-state index contributed by atoms with van der Waals surface area (Å²) in [5.74, 6) is 0.821. The number of benzene rings is 3. The molecule has 0 aromatic heterocycles. The monoisotopic (exact) mass is 416 g/mol. The summed E-state index contributed by atoms with van der Waals surface area (Å²) in [6.07, 6.45) is 2.86. The van der Waals surface area contributed by atoms with Crippen LogP contribution < -0.4 is 4.74 Å². The molecular weight excluding hydrogens is 392 g/mol. The van der Waals surface area contributed by atoms with E-state index >= 15 is 0 Å². The molecule has 1 aliphatic rings. The first kappa shape index (κ1) is 20.2. The predicted molar refractivity (Wildman–Crippen MR) is 126 cm³/mol. The Morgan fingerprint density at radius 3 is 2.47 bits per heavy atom. The average Bonchev–Trinajstić information content (AvgIpc) is 3.08. The number of rotatable bonds is 5. The number of carbonyl (C=O) groups is 1. The number of fused-ring (bicyclic) bond motifs is 1. The van der Waals surface area contributed by atoms with Crippen molar-refractivity contribution in [2.75, 3.05) is 13.7 Å². The maximum Gasteiger partial charge on any atom is 0.266 e. The van der Waals surface area contributed by atoms with Crippen molar-refractivity contribution < 1.29 is 9.53 Å². The van der Waals surface area contributed by atoms with Gasteiger partial charge in [0.05, 0.1) is 17.7 Å². The van der Waals surface area contributed by atoms with Gasteiger partial charge in [0.25, 0.3) is 5.91 Å². The number of aliphatic imine (C=N–C) groups is 1. The normalized spacial score (nSPS) is 16.8. The third-order valence-electron chi connectivity index (χ3n) is 5.22. The van der Waals surface area contributed by atoms with Crippen molar-refractivity contribution in [2.45, 2.75) is 20.3 Å². The molecule has 0 aliphatic carbocycles. The Morgan fingerprint density at radius 2 is 1.73 bits per heavy atom. The van der Waals surface area contributed by atoms with E-state index in [1.807, 2.05) is 61.5 Å². The van der Waals surface area contributed by atoms with Crippen molar-refractivity contribution >= 4 is 45.4 Å². The molecule has 4 nitrogen and oxygen atoms in total. The van der Waals surface area contributed by atoms with Crippen molar-refractivity contribution in [3.05, 3.63) is 76.7 Å². The zero-order chi connectivity index (χ0) is 21.1. The summed E-state index contributed by atoms with van der Waals surface area (Å²) in [4.78, 5) is 20.3. The molecular formula is C25H24N2O2S. The molecule has 0 radical (unpaired) electrons. The van der Waals surface area contributed by atoms with Crippen LogP contribution in [-0.4, -0.2) is 29.6 Å². The summed E-state index contributed by atoms with van der Waals surface area (Å²) in [6.45, 7) is 4.68. The molecule has 1 amide bonds. The maximum atomic E-state index is 13.1. The van der Waals surface area contributed by atoms with Crippen LogP contribution in [0.3, 0.4) is 0 Å². The molecule has 1 aliphatic heterocycles. The number of amidine groups is 1. The number of nitrogens with zero attached hydrogens (tertiary/aromatic N) is 2. The smallest absolute Gasteiger partial charge is 0.266 e. The third kappa shape index (κ3) is 3.73. The van der Waals surface area contributed by atoms with E-state index in [0.29, 0.717) is 11.4 Å². The van der Waals surface area contributed by atoms with E-state index in [1.165, 1.54) is 17.3 Å². The second-order valence-electron chi connectivity index (χ2n) is 6.94. The Morgan fingerprint density at radius 1 is 1.00 bits per heavy atom. The van der Waals surface area contributed by atoms with Gasteiger partial charge in [-0.15, -0.1) is 0 Å². The Hall–Kier alpha value is -3.05. The van der Waals surface area contributed by atoms with Crippen LogP contribution in [0, 0.1) is 0 Å². The number of ether oxygens (including phenoxy) is 1. The van der Waals surface area contributed by atoms with Gasteiger partial charge in [0.2, 0.25) is 0 Å². The molecule has 152 valence electrons. The highest BCUT2D eigenvalue weighted by atomic mass is 32.2. The van der Waals surface area contributed by atoms with Crippen LogP contribution in [0.25, 0.3) is 16.8 Å². The van der Waals surface area contributed by atoms with Gasteiger partial charge in [-0.2, -0.15) is 0 Å². The average molecular weight is 417 g/mol. The largest absolute Gasteiger partial charge is 0.496 e. The third-order valence-corrected chi connectivity index (χ3v) is 6.22.